The summed E-state index contributed by atoms with van der Waals surface area (Å²) in [5, 5.41) is 21.0. The van der Waals surface area contributed by atoms with E-state index in [0.717, 1.165) is 17.3 Å². The number of halogens is 2. The van der Waals surface area contributed by atoms with E-state index in [2.05, 4.69) is 10.3 Å². The van der Waals surface area contributed by atoms with Gasteiger partial charge in [0.1, 0.15) is 11.9 Å². The van der Waals surface area contributed by atoms with E-state index >= 15 is 0 Å². The third-order valence-corrected chi connectivity index (χ3v) is 4.51. The largest absolute Gasteiger partial charge is 0.394 e. The molecule has 28 heavy (non-hydrogen) atoms. The topological polar surface area (TPSA) is 114 Å². The number of aryl methyl sites for hydroxylation is 2. The van der Waals surface area contributed by atoms with E-state index in [0.29, 0.717) is 10.1 Å². The number of anilines is 1. The highest BCUT2D eigenvalue weighted by molar-refractivity contribution is 6.04. The summed E-state index contributed by atoms with van der Waals surface area (Å²) in [6.07, 6.45) is -4.93. The number of nitrogens with one attached hydrogen (secondary N) is 1. The van der Waals surface area contributed by atoms with Gasteiger partial charge in [0.2, 0.25) is 6.23 Å². The molecule has 1 fully saturated rings. The minimum absolute atomic E-state index is 0.119. The van der Waals surface area contributed by atoms with Crippen LogP contribution in [0.4, 0.5) is 14.6 Å². The molecule has 1 saturated heterocycles. The van der Waals surface area contributed by atoms with Crippen LogP contribution in [-0.2, 0) is 4.74 Å². The first kappa shape index (κ1) is 20.1. The van der Waals surface area contributed by atoms with Crippen molar-refractivity contribution in [3.8, 4) is 0 Å². The fraction of sp³-hybridized carbons (Fsp3) is 0.389. The molecule has 8 nitrogen and oxygen atoms in total. The molecule has 1 aliphatic heterocycles. The molecule has 1 amide bonds. The van der Waals surface area contributed by atoms with Gasteiger partial charge in [-0.05, 0) is 31.5 Å². The first-order valence-corrected chi connectivity index (χ1v) is 8.45. The van der Waals surface area contributed by atoms with Gasteiger partial charge in [0.25, 0.3) is 5.91 Å². The van der Waals surface area contributed by atoms with E-state index in [4.69, 9.17) is 9.84 Å². The molecule has 1 aromatic heterocycles. The number of amides is 1. The molecule has 1 unspecified atom stereocenters. The Morgan fingerprint density at radius 1 is 1.36 bits per heavy atom. The van der Waals surface area contributed by atoms with Gasteiger partial charge in [-0.2, -0.15) is 13.8 Å². The number of aliphatic hydroxyl groups is 2. The van der Waals surface area contributed by atoms with Crippen molar-refractivity contribution in [1.29, 1.82) is 0 Å². The molecule has 150 valence electrons. The van der Waals surface area contributed by atoms with Gasteiger partial charge in [-0.1, -0.05) is 17.7 Å². The van der Waals surface area contributed by atoms with Crippen LogP contribution < -0.4 is 11.0 Å². The Kier molecular flexibility index (Phi) is 5.28. The average molecular weight is 395 g/mol. The van der Waals surface area contributed by atoms with Gasteiger partial charge in [-0.3, -0.25) is 9.36 Å². The van der Waals surface area contributed by atoms with Crippen molar-refractivity contribution in [2.45, 2.75) is 38.2 Å². The van der Waals surface area contributed by atoms with E-state index < -0.39 is 42.6 Å². The molecule has 0 saturated carbocycles. The number of hydrogen-bond donors (Lipinski definition) is 3. The molecule has 2 heterocycles. The summed E-state index contributed by atoms with van der Waals surface area (Å²) in [5.74, 6) is -4.42. The molecule has 3 N–H and O–H groups in total. The van der Waals surface area contributed by atoms with Crippen molar-refractivity contribution in [3.05, 3.63) is 57.6 Å². The van der Waals surface area contributed by atoms with Crippen LogP contribution >= 0.6 is 0 Å². The molecule has 0 radical (unpaired) electrons. The molecular weight excluding hydrogens is 376 g/mol. The number of benzene rings is 1. The van der Waals surface area contributed by atoms with Crippen molar-refractivity contribution in [1.82, 2.24) is 9.55 Å². The fourth-order valence-electron chi connectivity index (χ4n) is 3.03. The molecule has 1 aliphatic rings. The van der Waals surface area contributed by atoms with Gasteiger partial charge in [0.05, 0.1) is 6.61 Å². The van der Waals surface area contributed by atoms with Crippen LogP contribution in [0.1, 0.15) is 27.7 Å². The predicted octanol–water partition coefficient (Wildman–Crippen LogP) is 0.998. The molecule has 1 aromatic carbocycles. The first-order valence-electron chi connectivity index (χ1n) is 8.45. The van der Waals surface area contributed by atoms with Crippen LogP contribution in [0.25, 0.3) is 0 Å². The molecule has 3 atom stereocenters. The number of ether oxygens (including phenoxy) is 1. The summed E-state index contributed by atoms with van der Waals surface area (Å²) >= 11 is 0. The Balaban J connectivity index is 1.83. The Morgan fingerprint density at radius 2 is 2.07 bits per heavy atom. The highest BCUT2D eigenvalue weighted by Gasteiger charge is 2.59. The first-order chi connectivity index (χ1) is 13.1. The van der Waals surface area contributed by atoms with Crippen LogP contribution in [0, 0.1) is 13.8 Å². The van der Waals surface area contributed by atoms with Crippen LogP contribution in [0.2, 0.25) is 0 Å². The number of aliphatic hydroxyl groups excluding tert-OH is 2. The summed E-state index contributed by atoms with van der Waals surface area (Å²) in [6, 6.07) is 6.38. The number of nitrogens with zero attached hydrogens (tertiary/aromatic N) is 2. The lowest BCUT2D eigenvalue weighted by molar-refractivity contribution is -0.140. The SMILES string of the molecule is Cc1ccc(C(=O)Nc2ccn(C3O[C@H](CO)[C@@H](O)C3(F)F)c(=O)n2)c(C)c1. The zero-order valence-corrected chi connectivity index (χ0v) is 15.1. The lowest BCUT2D eigenvalue weighted by Crippen LogP contribution is -2.41. The van der Waals surface area contributed by atoms with E-state index in [-0.39, 0.29) is 5.82 Å². The van der Waals surface area contributed by atoms with Crippen LogP contribution in [0.5, 0.6) is 0 Å². The Labute approximate surface area is 158 Å². The van der Waals surface area contributed by atoms with Crippen molar-refractivity contribution in [2.24, 2.45) is 0 Å². The second kappa shape index (κ2) is 7.38. The highest BCUT2D eigenvalue weighted by Crippen LogP contribution is 2.41. The van der Waals surface area contributed by atoms with Gasteiger partial charge in [-0.25, -0.2) is 4.79 Å². The number of carbonyl (C=O) groups is 1. The maximum atomic E-state index is 14.2. The maximum Gasteiger partial charge on any atom is 0.351 e. The van der Waals surface area contributed by atoms with Gasteiger partial charge in [-0.15, -0.1) is 0 Å². The van der Waals surface area contributed by atoms with E-state index in [1.54, 1.807) is 19.1 Å². The summed E-state index contributed by atoms with van der Waals surface area (Å²) in [7, 11) is 0. The maximum absolute atomic E-state index is 14.2. The average Bonchev–Trinajstić information content (AvgIpc) is 2.85. The van der Waals surface area contributed by atoms with Gasteiger partial charge in [0.15, 0.2) is 6.10 Å². The number of rotatable bonds is 4. The second-order valence-electron chi connectivity index (χ2n) is 6.60. The Bertz CT molecular complexity index is 962. The summed E-state index contributed by atoms with van der Waals surface area (Å²) in [6.45, 7) is 2.81. The smallest absolute Gasteiger partial charge is 0.351 e. The quantitative estimate of drug-likeness (QED) is 0.712. The second-order valence-corrected chi connectivity index (χ2v) is 6.60. The van der Waals surface area contributed by atoms with E-state index in [9.17, 15) is 23.5 Å². The minimum atomic E-state index is -3.80. The molecule has 2 aromatic rings. The van der Waals surface area contributed by atoms with Gasteiger partial charge >= 0.3 is 11.6 Å². The molecular formula is C18H19F2N3O5. The Morgan fingerprint density at radius 3 is 2.64 bits per heavy atom. The number of aromatic nitrogens is 2. The van der Waals surface area contributed by atoms with E-state index in [1.165, 1.54) is 6.07 Å². The minimum Gasteiger partial charge on any atom is -0.394 e. The highest BCUT2D eigenvalue weighted by atomic mass is 19.3. The third-order valence-electron chi connectivity index (χ3n) is 4.51. The molecule has 0 spiro atoms. The molecule has 0 aliphatic carbocycles. The lowest BCUT2D eigenvalue weighted by atomic mass is 10.1. The fourth-order valence-corrected chi connectivity index (χ4v) is 3.03. The van der Waals surface area contributed by atoms with Gasteiger partial charge < -0.3 is 20.3 Å². The summed E-state index contributed by atoms with van der Waals surface area (Å²) in [5.41, 5.74) is 0.995. The number of hydrogen-bond acceptors (Lipinski definition) is 6. The number of alkyl halides is 2. The summed E-state index contributed by atoms with van der Waals surface area (Å²) < 4.78 is 33.8. The standard InChI is InChI=1S/C18H19F2N3O5/c1-9-3-4-11(10(2)7-9)15(26)21-13-5-6-23(17(27)22-13)16-18(19,20)14(25)12(8-24)28-16/h3-7,12,14,16,24-25H,8H2,1-2H3,(H,21,22,26,27)/t12-,14-,16?/m1/s1. The van der Waals surface area contributed by atoms with Crippen molar-refractivity contribution >= 4 is 11.7 Å². The van der Waals surface area contributed by atoms with Gasteiger partial charge in [0, 0.05) is 11.8 Å². The third kappa shape index (κ3) is 3.53. The number of carbonyl (C=O) groups excluding carboxylic acids is 1. The zero-order valence-electron chi connectivity index (χ0n) is 15.1. The molecule has 0 bridgehead atoms. The van der Waals surface area contributed by atoms with E-state index in [1.807, 2.05) is 13.0 Å². The molecule has 10 heteroatoms. The summed E-state index contributed by atoms with van der Waals surface area (Å²) in [4.78, 5) is 28.1. The van der Waals surface area contributed by atoms with Crippen molar-refractivity contribution in [2.75, 3.05) is 11.9 Å². The Hall–Kier alpha value is -2.69. The zero-order chi connectivity index (χ0) is 20.6. The monoisotopic (exact) mass is 395 g/mol. The van der Waals surface area contributed by atoms with Crippen molar-refractivity contribution < 1.29 is 28.5 Å². The van der Waals surface area contributed by atoms with Crippen LogP contribution in [0.15, 0.2) is 35.3 Å². The van der Waals surface area contributed by atoms with Crippen LogP contribution in [0.3, 0.4) is 0 Å². The predicted molar refractivity (Wildman–Crippen MR) is 94.3 cm³/mol. The van der Waals surface area contributed by atoms with Crippen LogP contribution in [-0.4, -0.2) is 50.4 Å². The normalized spacial score (nSPS) is 23.6. The molecule has 3 rings (SSSR count). The van der Waals surface area contributed by atoms with Crippen molar-refractivity contribution in [3.63, 3.8) is 0 Å². The lowest BCUT2D eigenvalue weighted by Gasteiger charge is -2.21.